The van der Waals surface area contributed by atoms with Gasteiger partial charge in [-0.3, -0.25) is 0 Å². The Kier molecular flexibility index (Phi) is 5.82. The molecule has 2 aliphatic heterocycles. The molecule has 0 aromatic heterocycles. The minimum Gasteiger partial charge on any atom is -0.493 e. The van der Waals surface area contributed by atoms with Crippen molar-refractivity contribution in [1.82, 2.24) is 10.2 Å². The van der Waals surface area contributed by atoms with E-state index in [1.165, 1.54) is 7.11 Å². The molecule has 2 bridgehead atoms. The van der Waals surface area contributed by atoms with Crippen LogP contribution in [0.15, 0.2) is 23.8 Å². The first-order valence-electron chi connectivity index (χ1n) is 9.54. The number of hydrogen-bond acceptors (Lipinski definition) is 5. The standard InChI is InChI=1S/C21H28N2O5/c1-12(2)22-21(25)23-13-9-10-16(23)18(20(24)28-5)15(11-13)14-7-6-8-17(26-3)19(14)27-4/h6-8,12-13,16H,9-11H2,1-5H3,(H,22,25)/t13-,16+/m0/s1. The maximum Gasteiger partial charge on any atom is 0.336 e. The molecule has 2 aliphatic rings. The molecule has 0 unspecified atom stereocenters. The molecule has 1 saturated heterocycles. The summed E-state index contributed by atoms with van der Waals surface area (Å²) >= 11 is 0. The number of fused-ring (bicyclic) bond motifs is 2. The molecule has 1 N–H and O–H groups in total. The van der Waals surface area contributed by atoms with E-state index in [0.717, 1.165) is 24.0 Å². The number of para-hydroxylation sites is 1. The van der Waals surface area contributed by atoms with Gasteiger partial charge in [-0.25, -0.2) is 9.59 Å². The lowest BCUT2D eigenvalue weighted by Crippen LogP contribution is -2.52. The van der Waals surface area contributed by atoms with Crippen molar-refractivity contribution in [1.29, 1.82) is 0 Å². The first-order chi connectivity index (χ1) is 13.4. The lowest BCUT2D eigenvalue weighted by molar-refractivity contribution is -0.136. The molecule has 1 fully saturated rings. The second-order valence-corrected chi connectivity index (χ2v) is 7.39. The number of nitrogens with one attached hydrogen (secondary N) is 1. The quantitative estimate of drug-likeness (QED) is 0.785. The van der Waals surface area contributed by atoms with E-state index in [9.17, 15) is 9.59 Å². The normalized spacial score (nSPS) is 21.0. The van der Waals surface area contributed by atoms with Crippen LogP contribution in [0.25, 0.3) is 5.57 Å². The van der Waals surface area contributed by atoms with Crippen molar-refractivity contribution in [2.75, 3.05) is 21.3 Å². The van der Waals surface area contributed by atoms with Crippen LogP contribution < -0.4 is 14.8 Å². The fourth-order valence-electron chi connectivity index (χ4n) is 4.29. The molecule has 1 aromatic rings. The largest absolute Gasteiger partial charge is 0.493 e. The summed E-state index contributed by atoms with van der Waals surface area (Å²) in [7, 11) is 4.54. The number of benzene rings is 1. The summed E-state index contributed by atoms with van der Waals surface area (Å²) in [5.74, 6) is 0.775. The smallest absolute Gasteiger partial charge is 0.336 e. The van der Waals surface area contributed by atoms with Gasteiger partial charge in [-0.1, -0.05) is 12.1 Å². The Bertz CT molecular complexity index is 802. The van der Waals surface area contributed by atoms with Crippen LogP contribution in [0.4, 0.5) is 4.79 Å². The minimum absolute atomic E-state index is 0.0253. The van der Waals surface area contributed by atoms with Gasteiger partial charge in [-0.2, -0.15) is 0 Å². The lowest BCUT2D eigenvalue weighted by Gasteiger charge is -2.37. The number of urea groups is 1. The molecule has 7 heteroatoms. The zero-order valence-electron chi connectivity index (χ0n) is 17.1. The molecular formula is C21H28N2O5. The fraction of sp³-hybridized carbons (Fsp3) is 0.524. The first-order valence-corrected chi connectivity index (χ1v) is 9.54. The van der Waals surface area contributed by atoms with Crippen LogP contribution in [0.2, 0.25) is 0 Å². The topological polar surface area (TPSA) is 77.1 Å². The summed E-state index contributed by atoms with van der Waals surface area (Å²) in [6.07, 6.45) is 2.14. The van der Waals surface area contributed by atoms with E-state index in [2.05, 4.69) is 5.32 Å². The molecule has 0 spiro atoms. The number of amides is 2. The molecule has 28 heavy (non-hydrogen) atoms. The van der Waals surface area contributed by atoms with Gasteiger partial charge in [0.15, 0.2) is 11.5 Å². The van der Waals surface area contributed by atoms with E-state index in [4.69, 9.17) is 14.2 Å². The van der Waals surface area contributed by atoms with Crippen molar-refractivity contribution in [2.24, 2.45) is 0 Å². The van der Waals surface area contributed by atoms with Gasteiger partial charge in [0.2, 0.25) is 0 Å². The highest BCUT2D eigenvalue weighted by atomic mass is 16.5. The van der Waals surface area contributed by atoms with Crippen LogP contribution in [0.1, 0.15) is 38.7 Å². The van der Waals surface area contributed by atoms with Crippen LogP contribution in [-0.2, 0) is 9.53 Å². The number of hydrogen-bond donors (Lipinski definition) is 1. The molecule has 1 aromatic carbocycles. The third-order valence-electron chi connectivity index (χ3n) is 5.38. The number of rotatable bonds is 5. The van der Waals surface area contributed by atoms with E-state index in [-0.39, 0.29) is 24.2 Å². The van der Waals surface area contributed by atoms with E-state index < -0.39 is 5.97 Å². The Morgan fingerprint density at radius 3 is 2.50 bits per heavy atom. The van der Waals surface area contributed by atoms with Crippen molar-refractivity contribution in [3.05, 3.63) is 29.3 Å². The van der Waals surface area contributed by atoms with Gasteiger partial charge in [-0.15, -0.1) is 0 Å². The minimum atomic E-state index is -0.410. The summed E-state index contributed by atoms with van der Waals surface area (Å²) in [5, 5.41) is 2.95. The predicted octanol–water partition coefficient (Wildman–Crippen LogP) is 2.99. The van der Waals surface area contributed by atoms with E-state index in [1.54, 1.807) is 14.2 Å². The molecule has 7 nitrogen and oxygen atoms in total. The van der Waals surface area contributed by atoms with Gasteiger partial charge >= 0.3 is 12.0 Å². The number of methoxy groups -OCH3 is 3. The number of carbonyl (C=O) groups excluding carboxylic acids is 2. The second kappa shape index (κ2) is 8.12. The van der Waals surface area contributed by atoms with Crippen molar-refractivity contribution in [3.8, 4) is 11.5 Å². The molecule has 2 heterocycles. The number of nitrogens with zero attached hydrogens (tertiary/aromatic N) is 1. The van der Waals surface area contributed by atoms with Crippen LogP contribution in [0.5, 0.6) is 11.5 Å². The van der Waals surface area contributed by atoms with E-state index >= 15 is 0 Å². The highest BCUT2D eigenvalue weighted by Gasteiger charge is 2.47. The molecule has 0 saturated carbocycles. The van der Waals surface area contributed by atoms with Gasteiger partial charge in [0, 0.05) is 17.6 Å². The third kappa shape index (κ3) is 3.41. The molecule has 0 aliphatic carbocycles. The highest BCUT2D eigenvalue weighted by molar-refractivity contribution is 6.01. The third-order valence-corrected chi connectivity index (χ3v) is 5.38. The summed E-state index contributed by atoms with van der Waals surface area (Å²) in [5.41, 5.74) is 2.20. The molecule has 2 atom stereocenters. The van der Waals surface area contributed by atoms with Crippen molar-refractivity contribution in [3.63, 3.8) is 0 Å². The van der Waals surface area contributed by atoms with Gasteiger partial charge in [-0.05, 0) is 44.7 Å². The summed E-state index contributed by atoms with van der Waals surface area (Å²) in [4.78, 5) is 27.4. The summed E-state index contributed by atoms with van der Waals surface area (Å²) < 4.78 is 16.1. The average Bonchev–Trinajstić information content (AvgIpc) is 2.99. The fourth-order valence-corrected chi connectivity index (χ4v) is 4.29. The molecular weight excluding hydrogens is 360 g/mol. The van der Waals surface area contributed by atoms with Crippen molar-refractivity contribution in [2.45, 2.75) is 51.2 Å². The Balaban J connectivity index is 2.12. The van der Waals surface area contributed by atoms with Crippen LogP contribution in [0.3, 0.4) is 0 Å². The summed E-state index contributed by atoms with van der Waals surface area (Å²) in [6.45, 7) is 3.85. The van der Waals surface area contributed by atoms with E-state index in [1.807, 2.05) is 36.9 Å². The van der Waals surface area contributed by atoms with Gasteiger partial charge < -0.3 is 24.4 Å². The Morgan fingerprint density at radius 2 is 1.89 bits per heavy atom. The maximum absolute atomic E-state index is 12.8. The number of esters is 1. The Labute approximate surface area is 165 Å². The van der Waals surface area contributed by atoms with Crippen LogP contribution in [0, 0.1) is 0 Å². The molecule has 152 valence electrons. The molecule has 3 rings (SSSR count). The van der Waals surface area contributed by atoms with E-state index in [0.29, 0.717) is 23.5 Å². The lowest BCUT2D eigenvalue weighted by atomic mass is 9.87. The Hall–Kier alpha value is -2.70. The van der Waals surface area contributed by atoms with Gasteiger partial charge in [0.1, 0.15) is 0 Å². The SMILES string of the molecule is COC(=O)C1=C(c2cccc(OC)c2OC)C[C@@H]2CC[C@H]1N2C(=O)NC(C)C. The first kappa shape index (κ1) is 20.0. The average molecular weight is 388 g/mol. The van der Waals surface area contributed by atoms with Crippen molar-refractivity contribution < 1.29 is 23.8 Å². The van der Waals surface area contributed by atoms with Gasteiger partial charge in [0.25, 0.3) is 0 Å². The van der Waals surface area contributed by atoms with Crippen molar-refractivity contribution >= 4 is 17.6 Å². The Morgan fingerprint density at radius 1 is 1.14 bits per heavy atom. The zero-order chi connectivity index (χ0) is 20.4. The highest BCUT2D eigenvalue weighted by Crippen LogP contribution is 2.47. The zero-order valence-corrected chi connectivity index (χ0v) is 17.1. The second-order valence-electron chi connectivity index (χ2n) is 7.39. The number of ether oxygens (including phenoxy) is 3. The summed E-state index contributed by atoms with van der Waals surface area (Å²) in [6, 6.07) is 5.22. The van der Waals surface area contributed by atoms with Gasteiger partial charge in [0.05, 0.1) is 32.9 Å². The van der Waals surface area contributed by atoms with Crippen LogP contribution >= 0.6 is 0 Å². The monoisotopic (exact) mass is 388 g/mol. The molecule has 2 amide bonds. The predicted molar refractivity (Wildman–Crippen MR) is 105 cm³/mol. The van der Waals surface area contributed by atoms with Crippen LogP contribution in [-0.4, -0.2) is 56.4 Å². The maximum atomic E-state index is 12.8. The molecule has 0 radical (unpaired) electrons. The number of carbonyl (C=O) groups is 2.